The summed E-state index contributed by atoms with van der Waals surface area (Å²) in [5.41, 5.74) is 0. The van der Waals surface area contributed by atoms with E-state index in [9.17, 15) is 23.8 Å². The van der Waals surface area contributed by atoms with Crippen molar-refractivity contribution in [1.29, 1.82) is 0 Å². The number of hydrogen-bond donors (Lipinski definition) is 1. The van der Waals surface area contributed by atoms with Crippen molar-refractivity contribution in [3.63, 3.8) is 0 Å². The number of phosphoric acid groups is 1. The lowest BCUT2D eigenvalue weighted by atomic mass is 10.0. The molecule has 0 radical (unpaired) electrons. The van der Waals surface area contributed by atoms with Crippen LogP contribution in [0.25, 0.3) is 0 Å². The molecule has 0 bridgehead atoms. The van der Waals surface area contributed by atoms with Gasteiger partial charge in [-0.25, -0.2) is 4.57 Å². The van der Waals surface area contributed by atoms with Crippen LogP contribution in [0.3, 0.4) is 0 Å². The Morgan fingerprint density at radius 1 is 0.431 bits per heavy atom. The van der Waals surface area contributed by atoms with E-state index in [-0.39, 0.29) is 52.1 Å². The van der Waals surface area contributed by atoms with Crippen LogP contribution in [-0.4, -0.2) is 69.0 Å². The molecule has 2 atom stereocenters. The minimum atomic E-state index is -4.53. The fourth-order valence-electron chi connectivity index (χ4n) is 6.82. The number of carbonyl (C=O) groups excluding carboxylic acids is 3. The number of phosphoric ester groups is 1. The molecule has 0 aromatic rings. The third-order valence-corrected chi connectivity index (χ3v) is 11.4. The minimum absolute atomic E-state index is 0.00142. The number of hydrogen-bond acceptors (Lipinski definition) is 10. The van der Waals surface area contributed by atoms with Crippen molar-refractivity contribution in [2.45, 2.75) is 238 Å². The SMILES string of the molecule is CCCCCCCCCCCCCCCCCC(=O)OCC(COP(=O)(O)OCCCC(=O)OCCOC)OC(=O)CCCCCCCCCCCCCCCCC. The van der Waals surface area contributed by atoms with Crippen molar-refractivity contribution in [3.8, 4) is 0 Å². The van der Waals surface area contributed by atoms with Gasteiger partial charge in [-0.1, -0.05) is 194 Å². The van der Waals surface area contributed by atoms with Crippen molar-refractivity contribution >= 4 is 25.7 Å². The molecule has 1 N–H and O–H groups in total. The topological polar surface area (TPSA) is 144 Å². The van der Waals surface area contributed by atoms with Gasteiger partial charge in [0.15, 0.2) is 6.10 Å². The highest BCUT2D eigenvalue weighted by atomic mass is 31.2. The van der Waals surface area contributed by atoms with Crippen LogP contribution in [0.5, 0.6) is 0 Å². The van der Waals surface area contributed by atoms with Gasteiger partial charge < -0.3 is 23.8 Å². The van der Waals surface area contributed by atoms with Gasteiger partial charge in [-0.2, -0.15) is 0 Å². The maximum absolute atomic E-state index is 12.7. The molecule has 0 aliphatic heterocycles. The van der Waals surface area contributed by atoms with Crippen LogP contribution in [0.1, 0.15) is 232 Å². The van der Waals surface area contributed by atoms with E-state index in [1.807, 2.05) is 0 Å². The first kappa shape index (κ1) is 56.5. The molecule has 12 heteroatoms. The first-order chi connectivity index (χ1) is 28.2. The second-order valence-electron chi connectivity index (χ2n) is 16.1. The standard InChI is InChI=1S/C46H89O11P/c1-4-6-8-10-12-14-16-18-20-22-24-26-28-30-32-35-45(48)54-41-43(42-56-58(50,51)55-38-34-37-44(47)53-40-39-52-3)57-46(49)36-33-31-29-27-25-23-21-19-17-15-13-11-9-7-5-2/h43H,4-42H2,1-3H3,(H,50,51). The molecule has 0 aromatic carbocycles. The van der Waals surface area contributed by atoms with Gasteiger partial charge in [0.25, 0.3) is 0 Å². The Bertz CT molecular complexity index is 979. The fourth-order valence-corrected chi connectivity index (χ4v) is 7.61. The second-order valence-corrected chi connectivity index (χ2v) is 17.6. The Balaban J connectivity index is 4.42. The van der Waals surface area contributed by atoms with Crippen LogP contribution < -0.4 is 0 Å². The van der Waals surface area contributed by atoms with Crippen molar-refractivity contribution in [2.24, 2.45) is 0 Å². The van der Waals surface area contributed by atoms with Crippen molar-refractivity contribution < 1.29 is 51.8 Å². The number of esters is 3. The zero-order chi connectivity index (χ0) is 42.6. The van der Waals surface area contributed by atoms with Crippen LogP contribution in [-0.2, 0) is 46.9 Å². The van der Waals surface area contributed by atoms with Crippen LogP contribution >= 0.6 is 7.82 Å². The number of methoxy groups -OCH3 is 1. The third kappa shape index (κ3) is 42.6. The largest absolute Gasteiger partial charge is 0.472 e. The minimum Gasteiger partial charge on any atom is -0.463 e. The highest BCUT2D eigenvalue weighted by molar-refractivity contribution is 7.47. The molecule has 2 unspecified atom stereocenters. The quantitative estimate of drug-likeness (QED) is 0.0270. The molecule has 58 heavy (non-hydrogen) atoms. The molecule has 0 rings (SSSR count). The lowest BCUT2D eigenvalue weighted by Crippen LogP contribution is -2.29. The highest BCUT2D eigenvalue weighted by Gasteiger charge is 2.26. The van der Waals surface area contributed by atoms with Crippen molar-refractivity contribution in [1.82, 2.24) is 0 Å². The molecular formula is C46H89O11P. The van der Waals surface area contributed by atoms with Crippen LogP contribution in [0.2, 0.25) is 0 Å². The maximum atomic E-state index is 12.7. The average molecular weight is 849 g/mol. The summed E-state index contributed by atoms with van der Waals surface area (Å²) in [4.78, 5) is 47.2. The van der Waals surface area contributed by atoms with E-state index < -0.39 is 38.4 Å². The summed E-state index contributed by atoms with van der Waals surface area (Å²) >= 11 is 0. The smallest absolute Gasteiger partial charge is 0.463 e. The van der Waals surface area contributed by atoms with E-state index >= 15 is 0 Å². The van der Waals surface area contributed by atoms with Gasteiger partial charge in [-0.3, -0.25) is 23.4 Å². The Labute approximate surface area is 355 Å². The van der Waals surface area contributed by atoms with Crippen molar-refractivity contribution in [2.75, 3.05) is 40.1 Å². The zero-order valence-electron chi connectivity index (χ0n) is 37.6. The zero-order valence-corrected chi connectivity index (χ0v) is 38.5. The van der Waals surface area contributed by atoms with E-state index in [0.717, 1.165) is 38.5 Å². The summed E-state index contributed by atoms with van der Waals surface area (Å²) in [6, 6.07) is 0. The van der Waals surface area contributed by atoms with Crippen molar-refractivity contribution in [3.05, 3.63) is 0 Å². The molecule has 0 aromatic heterocycles. The molecule has 11 nitrogen and oxygen atoms in total. The number of rotatable bonds is 46. The van der Waals surface area contributed by atoms with Gasteiger partial charge in [0, 0.05) is 26.4 Å². The lowest BCUT2D eigenvalue weighted by Gasteiger charge is -2.20. The molecule has 344 valence electrons. The van der Waals surface area contributed by atoms with Gasteiger partial charge in [-0.15, -0.1) is 0 Å². The lowest BCUT2D eigenvalue weighted by molar-refractivity contribution is -0.161. The van der Waals surface area contributed by atoms with Gasteiger partial charge >= 0.3 is 25.7 Å². The average Bonchev–Trinajstić information content (AvgIpc) is 3.20. The number of unbranched alkanes of at least 4 members (excludes halogenated alkanes) is 28. The van der Waals surface area contributed by atoms with E-state index in [4.69, 9.17) is 28.0 Å². The molecule has 0 aliphatic rings. The normalized spacial score (nSPS) is 13.0. The molecular weight excluding hydrogens is 759 g/mol. The maximum Gasteiger partial charge on any atom is 0.472 e. The molecule has 0 spiro atoms. The molecule has 0 saturated carbocycles. The summed E-state index contributed by atoms with van der Waals surface area (Å²) < 4.78 is 43.4. The predicted molar refractivity (Wildman–Crippen MR) is 234 cm³/mol. The van der Waals surface area contributed by atoms with Crippen LogP contribution in [0.15, 0.2) is 0 Å². The van der Waals surface area contributed by atoms with Crippen LogP contribution in [0.4, 0.5) is 0 Å². The predicted octanol–water partition coefficient (Wildman–Crippen LogP) is 13.1. The first-order valence-electron chi connectivity index (χ1n) is 23.9. The van der Waals surface area contributed by atoms with E-state index in [1.165, 1.54) is 155 Å². The van der Waals surface area contributed by atoms with Gasteiger partial charge in [0.05, 0.1) is 19.8 Å². The summed E-state index contributed by atoms with van der Waals surface area (Å²) in [5, 5.41) is 0. The highest BCUT2D eigenvalue weighted by Crippen LogP contribution is 2.43. The van der Waals surface area contributed by atoms with Crippen LogP contribution in [0, 0.1) is 0 Å². The fraction of sp³-hybridized carbons (Fsp3) is 0.935. The molecule has 0 amide bonds. The molecule has 0 fully saturated rings. The van der Waals surface area contributed by atoms with E-state index in [2.05, 4.69) is 13.8 Å². The molecule has 0 saturated heterocycles. The number of carbonyl (C=O) groups is 3. The Morgan fingerprint density at radius 3 is 1.21 bits per heavy atom. The number of ether oxygens (including phenoxy) is 4. The summed E-state index contributed by atoms with van der Waals surface area (Å²) in [5.74, 6) is -1.34. The summed E-state index contributed by atoms with van der Waals surface area (Å²) in [6.45, 7) is 3.93. The Hall–Kier alpha value is -1.52. The molecule has 0 heterocycles. The summed E-state index contributed by atoms with van der Waals surface area (Å²) in [6.07, 6.45) is 36.5. The van der Waals surface area contributed by atoms with Gasteiger partial charge in [0.1, 0.15) is 13.2 Å². The Morgan fingerprint density at radius 2 is 0.793 bits per heavy atom. The summed E-state index contributed by atoms with van der Waals surface area (Å²) in [7, 11) is -3.03. The second kappa shape index (κ2) is 43.6. The first-order valence-corrected chi connectivity index (χ1v) is 25.3. The molecule has 0 aliphatic carbocycles. The van der Waals surface area contributed by atoms with E-state index in [0.29, 0.717) is 6.42 Å². The van der Waals surface area contributed by atoms with Gasteiger partial charge in [0.2, 0.25) is 0 Å². The Kier molecular flexibility index (Phi) is 42.4. The van der Waals surface area contributed by atoms with E-state index in [1.54, 1.807) is 0 Å². The third-order valence-electron chi connectivity index (χ3n) is 10.5. The van der Waals surface area contributed by atoms with Gasteiger partial charge in [-0.05, 0) is 19.3 Å². The monoisotopic (exact) mass is 849 g/mol.